The lowest BCUT2D eigenvalue weighted by Crippen LogP contribution is -2.45. The summed E-state index contributed by atoms with van der Waals surface area (Å²) < 4.78 is 0. The molecule has 5 nitrogen and oxygen atoms in total. The van der Waals surface area contributed by atoms with Crippen LogP contribution < -0.4 is 5.73 Å². The number of carbonyl (C=O) groups excluding carboxylic acids is 1. The van der Waals surface area contributed by atoms with Crippen LogP contribution in [0.3, 0.4) is 0 Å². The number of nitrogens with two attached hydrogens (primary N) is 1. The van der Waals surface area contributed by atoms with Crippen LogP contribution in [0.1, 0.15) is 25.3 Å². The minimum Gasteiger partial charge on any atom is -0.481 e. The Bertz CT molecular complexity index is 1010. The van der Waals surface area contributed by atoms with Crippen molar-refractivity contribution >= 4 is 11.8 Å². The molecule has 0 radical (unpaired) electrons. The Balaban J connectivity index is 1.62. The lowest BCUT2D eigenvalue weighted by Gasteiger charge is -2.33. The second-order valence-corrected chi connectivity index (χ2v) is 8.59. The number of carboxylic acid groups (broad SMARTS) is 1. The van der Waals surface area contributed by atoms with Gasteiger partial charge < -0.3 is 10.8 Å². The van der Waals surface area contributed by atoms with Gasteiger partial charge in [-0.1, -0.05) is 61.5 Å². The number of carboxylic acids is 1. The number of hydrogen-bond donors (Lipinski definition) is 2. The molecule has 3 N–H and O–H groups in total. The van der Waals surface area contributed by atoms with Gasteiger partial charge in [-0.05, 0) is 47.8 Å². The number of fused-ring (bicyclic) bond motifs is 1. The largest absolute Gasteiger partial charge is 0.481 e. The number of rotatable bonds is 7. The first kappa shape index (κ1) is 20.3. The summed E-state index contributed by atoms with van der Waals surface area (Å²) in [5, 5.41) is 20.0. The fraction of sp³-hybridized carbons (Fsp3) is 0.400. The molecular formula is C25H26N2O3. The van der Waals surface area contributed by atoms with Crippen LogP contribution in [0.4, 0.5) is 0 Å². The van der Waals surface area contributed by atoms with Crippen molar-refractivity contribution < 1.29 is 14.7 Å². The van der Waals surface area contributed by atoms with Gasteiger partial charge in [-0.15, -0.1) is 0 Å². The van der Waals surface area contributed by atoms with Crippen LogP contribution in [0, 0.1) is 39.9 Å². The Morgan fingerprint density at radius 1 is 1.13 bits per heavy atom. The Labute approximate surface area is 176 Å². The molecule has 30 heavy (non-hydrogen) atoms. The van der Waals surface area contributed by atoms with Crippen molar-refractivity contribution in [3.05, 3.63) is 60.2 Å². The quantitative estimate of drug-likeness (QED) is 0.735. The molecule has 0 saturated heterocycles. The van der Waals surface area contributed by atoms with Crippen molar-refractivity contribution in [1.29, 1.82) is 5.26 Å². The highest BCUT2D eigenvalue weighted by Gasteiger charge is 2.82. The first-order valence-corrected chi connectivity index (χ1v) is 10.5. The summed E-state index contributed by atoms with van der Waals surface area (Å²) in [5.74, 6) is -2.00. The minimum atomic E-state index is -1.31. The van der Waals surface area contributed by atoms with Crippen molar-refractivity contribution in [2.75, 3.05) is 6.54 Å². The first-order valence-electron chi connectivity index (χ1n) is 10.5. The van der Waals surface area contributed by atoms with Crippen molar-refractivity contribution in [3.8, 4) is 17.2 Å². The van der Waals surface area contributed by atoms with Crippen LogP contribution in [0.15, 0.2) is 54.6 Å². The summed E-state index contributed by atoms with van der Waals surface area (Å²) in [4.78, 5) is 25.0. The topological polar surface area (TPSA) is 104 Å². The number of aliphatic carboxylic acids is 1. The molecule has 2 saturated carbocycles. The molecule has 0 aromatic heterocycles. The van der Waals surface area contributed by atoms with Crippen molar-refractivity contribution in [2.24, 2.45) is 34.3 Å². The molecule has 5 unspecified atom stereocenters. The van der Waals surface area contributed by atoms with Gasteiger partial charge in [0.25, 0.3) is 0 Å². The van der Waals surface area contributed by atoms with Crippen LogP contribution in [-0.4, -0.2) is 23.4 Å². The molecule has 5 atom stereocenters. The molecule has 2 aromatic carbocycles. The highest BCUT2D eigenvalue weighted by atomic mass is 16.4. The monoisotopic (exact) mass is 402 g/mol. The maximum absolute atomic E-state index is 12.9. The molecule has 0 heterocycles. The maximum atomic E-state index is 12.9. The van der Waals surface area contributed by atoms with Crippen LogP contribution in [0.5, 0.6) is 0 Å². The summed E-state index contributed by atoms with van der Waals surface area (Å²) in [6.45, 7) is 1.60. The van der Waals surface area contributed by atoms with E-state index in [4.69, 9.17) is 5.73 Å². The normalized spacial score (nSPS) is 31.6. The van der Waals surface area contributed by atoms with E-state index in [-0.39, 0.29) is 24.2 Å². The van der Waals surface area contributed by atoms with Gasteiger partial charge in [0, 0.05) is 5.92 Å². The van der Waals surface area contributed by atoms with Gasteiger partial charge in [0.2, 0.25) is 0 Å². The Morgan fingerprint density at radius 3 is 2.30 bits per heavy atom. The third-order valence-electron chi connectivity index (χ3n) is 7.54. The Kier molecular flexibility index (Phi) is 4.99. The van der Waals surface area contributed by atoms with Gasteiger partial charge in [0.05, 0.1) is 18.0 Å². The zero-order chi connectivity index (χ0) is 21.5. The van der Waals surface area contributed by atoms with E-state index in [9.17, 15) is 20.0 Å². The highest BCUT2D eigenvalue weighted by molar-refractivity contribution is 5.94. The number of ketones is 1. The third kappa shape index (κ3) is 2.71. The standard InChI is InChI=1S/C25H26N2O3/c1-2-24(23(29)30)20-13-19(25(15-27,22(20)24)21(28)14-26)12-16-8-10-18(11-9-16)17-6-4-3-5-7-17/h3-11,19-20,22H,2,12-14,26H2,1H3,(H,29,30). The number of hydrogen-bond acceptors (Lipinski definition) is 4. The summed E-state index contributed by atoms with van der Waals surface area (Å²) in [7, 11) is 0. The van der Waals surface area contributed by atoms with Crippen molar-refractivity contribution in [3.63, 3.8) is 0 Å². The summed E-state index contributed by atoms with van der Waals surface area (Å²) in [6, 6.07) is 20.5. The molecule has 4 rings (SSSR count). The number of nitrogens with zero attached hydrogens (tertiary/aromatic N) is 1. The van der Waals surface area contributed by atoms with Gasteiger partial charge >= 0.3 is 5.97 Å². The van der Waals surface area contributed by atoms with Gasteiger partial charge in [0.1, 0.15) is 5.41 Å². The molecular weight excluding hydrogens is 376 g/mol. The molecule has 0 bridgehead atoms. The smallest absolute Gasteiger partial charge is 0.310 e. The van der Waals surface area contributed by atoms with Gasteiger partial charge in [-0.25, -0.2) is 0 Å². The molecule has 0 amide bonds. The number of nitriles is 1. The van der Waals surface area contributed by atoms with E-state index in [0.717, 1.165) is 16.7 Å². The van der Waals surface area contributed by atoms with Crippen LogP contribution >= 0.6 is 0 Å². The summed E-state index contributed by atoms with van der Waals surface area (Å²) in [5.41, 5.74) is 6.69. The van der Waals surface area contributed by atoms with Crippen LogP contribution in [0.2, 0.25) is 0 Å². The average molecular weight is 402 g/mol. The van der Waals surface area contributed by atoms with E-state index in [0.29, 0.717) is 19.3 Å². The summed E-state index contributed by atoms with van der Waals surface area (Å²) >= 11 is 0. The minimum absolute atomic E-state index is 0.135. The van der Waals surface area contributed by atoms with Gasteiger partial charge in [0.15, 0.2) is 5.78 Å². The van der Waals surface area contributed by atoms with Crippen molar-refractivity contribution in [2.45, 2.75) is 26.2 Å². The van der Waals surface area contributed by atoms with E-state index < -0.39 is 22.7 Å². The Hall–Kier alpha value is -2.97. The highest BCUT2D eigenvalue weighted by Crippen LogP contribution is 2.77. The second-order valence-electron chi connectivity index (χ2n) is 8.59. The lowest BCUT2D eigenvalue weighted by molar-refractivity contribution is -0.146. The predicted octanol–water partition coefficient (Wildman–Crippen LogP) is 3.68. The van der Waals surface area contributed by atoms with Crippen LogP contribution in [-0.2, 0) is 16.0 Å². The SMILES string of the molecule is CCC1(C(=O)O)C2CC(Cc3ccc(-c4ccccc4)cc3)C(C#N)(C(=O)CN)C21. The average Bonchev–Trinajstić information content (AvgIpc) is 3.32. The predicted molar refractivity (Wildman–Crippen MR) is 113 cm³/mol. The molecule has 0 spiro atoms. The fourth-order valence-corrected chi connectivity index (χ4v) is 6.05. The molecule has 2 fully saturated rings. The van der Waals surface area contributed by atoms with E-state index in [1.165, 1.54) is 0 Å². The zero-order valence-electron chi connectivity index (χ0n) is 17.0. The fourth-order valence-electron chi connectivity index (χ4n) is 6.05. The lowest BCUT2D eigenvalue weighted by atomic mass is 9.65. The molecule has 2 aliphatic rings. The number of Topliss-reactive ketones (excluding diaryl/α,β-unsaturated/α-hetero) is 1. The number of carbonyl (C=O) groups is 2. The van der Waals surface area contributed by atoms with Crippen molar-refractivity contribution in [1.82, 2.24) is 0 Å². The van der Waals surface area contributed by atoms with E-state index >= 15 is 0 Å². The number of benzene rings is 2. The molecule has 154 valence electrons. The van der Waals surface area contributed by atoms with E-state index in [1.807, 2.05) is 49.4 Å². The van der Waals surface area contributed by atoms with E-state index in [1.54, 1.807) is 0 Å². The maximum Gasteiger partial charge on any atom is 0.310 e. The van der Waals surface area contributed by atoms with Gasteiger partial charge in [-0.2, -0.15) is 5.26 Å². The van der Waals surface area contributed by atoms with Gasteiger partial charge in [-0.3, -0.25) is 9.59 Å². The van der Waals surface area contributed by atoms with Crippen LogP contribution in [0.25, 0.3) is 11.1 Å². The molecule has 0 aliphatic heterocycles. The second kappa shape index (κ2) is 7.37. The van der Waals surface area contributed by atoms with E-state index in [2.05, 4.69) is 18.2 Å². The Morgan fingerprint density at radius 2 is 1.77 bits per heavy atom. The first-order chi connectivity index (χ1) is 14.4. The summed E-state index contributed by atoms with van der Waals surface area (Å²) in [6.07, 6.45) is 1.57. The third-order valence-corrected chi connectivity index (χ3v) is 7.54. The molecule has 5 heteroatoms. The zero-order valence-corrected chi connectivity index (χ0v) is 17.0. The molecule has 2 aromatic rings. The molecule has 2 aliphatic carbocycles.